The minimum atomic E-state index is -3.49. The largest absolute Gasteiger partial charge is 0.379 e. The van der Waals surface area contributed by atoms with E-state index in [2.05, 4.69) is 23.5 Å². The summed E-state index contributed by atoms with van der Waals surface area (Å²) >= 11 is 1.52. The molecule has 0 saturated carbocycles. The third kappa shape index (κ3) is 4.57. The van der Waals surface area contributed by atoms with Gasteiger partial charge in [-0.2, -0.15) is 4.31 Å². The van der Waals surface area contributed by atoms with E-state index in [0.29, 0.717) is 31.2 Å². The zero-order chi connectivity index (χ0) is 21.3. The standard InChI is InChI=1S/C23H21N3O3S2.BrH/c27-31(28,26-12-14-29-15-13-26)19-10-8-18(9-11-19)22-16-30-23(25-22)24-21-7-3-5-17-4-1-2-6-20(17)21;/h1-11,16H,12-15H2,(H,24,25);1H. The van der Waals surface area contributed by atoms with Gasteiger partial charge in [0.15, 0.2) is 5.13 Å². The highest BCUT2D eigenvalue weighted by Gasteiger charge is 2.26. The summed E-state index contributed by atoms with van der Waals surface area (Å²) in [4.78, 5) is 4.99. The molecule has 166 valence electrons. The summed E-state index contributed by atoms with van der Waals surface area (Å²) in [6, 6.07) is 21.3. The monoisotopic (exact) mass is 531 g/mol. The average Bonchev–Trinajstić information content (AvgIpc) is 3.28. The molecule has 1 N–H and O–H groups in total. The number of halogens is 1. The highest BCUT2D eigenvalue weighted by atomic mass is 79.9. The fourth-order valence-electron chi connectivity index (χ4n) is 3.65. The maximum Gasteiger partial charge on any atom is 0.243 e. The van der Waals surface area contributed by atoms with Crippen LogP contribution in [0.15, 0.2) is 77.0 Å². The summed E-state index contributed by atoms with van der Waals surface area (Å²) < 4.78 is 32.3. The van der Waals surface area contributed by atoms with Crippen molar-refractivity contribution in [2.24, 2.45) is 0 Å². The molecule has 5 rings (SSSR count). The Morgan fingerprint density at radius 3 is 2.44 bits per heavy atom. The quantitative estimate of drug-likeness (QED) is 0.378. The summed E-state index contributed by atoms with van der Waals surface area (Å²) in [5.74, 6) is 0. The van der Waals surface area contributed by atoms with Crippen molar-refractivity contribution in [2.45, 2.75) is 4.90 Å². The van der Waals surface area contributed by atoms with Gasteiger partial charge in [-0.1, -0.05) is 48.5 Å². The van der Waals surface area contributed by atoms with E-state index < -0.39 is 10.0 Å². The number of nitrogens with one attached hydrogen (secondary N) is 1. The van der Waals surface area contributed by atoms with Crippen LogP contribution in [0.5, 0.6) is 0 Å². The first kappa shape index (κ1) is 22.9. The number of hydrogen-bond donors (Lipinski definition) is 1. The lowest BCUT2D eigenvalue weighted by atomic mass is 10.1. The van der Waals surface area contributed by atoms with Gasteiger partial charge in [-0.05, 0) is 23.6 Å². The second-order valence-corrected chi connectivity index (χ2v) is 10.0. The Morgan fingerprint density at radius 2 is 1.66 bits per heavy atom. The van der Waals surface area contributed by atoms with Crippen LogP contribution < -0.4 is 5.32 Å². The number of anilines is 2. The van der Waals surface area contributed by atoms with E-state index in [0.717, 1.165) is 27.5 Å². The Bertz CT molecular complexity index is 1310. The molecule has 1 aliphatic rings. The summed E-state index contributed by atoms with van der Waals surface area (Å²) in [7, 11) is -3.49. The van der Waals surface area contributed by atoms with Crippen LogP contribution in [-0.4, -0.2) is 44.0 Å². The van der Waals surface area contributed by atoms with E-state index in [1.54, 1.807) is 12.1 Å². The molecule has 9 heteroatoms. The highest BCUT2D eigenvalue weighted by molar-refractivity contribution is 8.93. The number of ether oxygens (including phenoxy) is 1. The molecule has 0 unspecified atom stereocenters. The number of rotatable bonds is 5. The maximum absolute atomic E-state index is 12.8. The van der Waals surface area contributed by atoms with Crippen LogP contribution in [0.2, 0.25) is 0 Å². The van der Waals surface area contributed by atoms with E-state index in [4.69, 9.17) is 9.72 Å². The average molecular weight is 532 g/mol. The van der Waals surface area contributed by atoms with Crippen LogP contribution >= 0.6 is 28.3 Å². The topological polar surface area (TPSA) is 71.5 Å². The van der Waals surface area contributed by atoms with Crippen LogP contribution in [0.1, 0.15) is 0 Å². The molecule has 6 nitrogen and oxygen atoms in total. The van der Waals surface area contributed by atoms with Gasteiger partial charge < -0.3 is 10.1 Å². The van der Waals surface area contributed by atoms with Crippen LogP contribution in [0.4, 0.5) is 10.8 Å². The lowest BCUT2D eigenvalue weighted by Gasteiger charge is -2.26. The number of benzene rings is 3. The van der Waals surface area contributed by atoms with Gasteiger partial charge >= 0.3 is 0 Å². The lowest BCUT2D eigenvalue weighted by molar-refractivity contribution is 0.0730. The van der Waals surface area contributed by atoms with Crippen molar-refractivity contribution in [1.82, 2.24) is 9.29 Å². The molecular weight excluding hydrogens is 510 g/mol. The van der Waals surface area contributed by atoms with Gasteiger partial charge in [-0.25, -0.2) is 13.4 Å². The summed E-state index contributed by atoms with van der Waals surface area (Å²) in [5, 5.41) is 8.47. The Balaban J connectivity index is 0.00000245. The smallest absolute Gasteiger partial charge is 0.243 e. The van der Waals surface area contributed by atoms with E-state index in [1.165, 1.54) is 21.0 Å². The molecule has 3 aromatic carbocycles. The SMILES string of the molecule is Br.O=S(=O)(c1ccc(-c2csc(Nc3cccc4ccccc34)n2)cc1)N1CCOCC1. The number of thiazole rings is 1. The molecule has 0 aliphatic carbocycles. The Labute approximate surface area is 201 Å². The molecule has 4 aromatic rings. The van der Waals surface area contributed by atoms with E-state index >= 15 is 0 Å². The van der Waals surface area contributed by atoms with Crippen molar-refractivity contribution in [1.29, 1.82) is 0 Å². The first-order valence-electron chi connectivity index (χ1n) is 10.00. The third-order valence-corrected chi connectivity index (χ3v) is 7.96. The highest BCUT2D eigenvalue weighted by Crippen LogP contribution is 2.31. The molecule has 2 heterocycles. The lowest BCUT2D eigenvalue weighted by Crippen LogP contribution is -2.40. The van der Waals surface area contributed by atoms with Crippen molar-refractivity contribution in [3.63, 3.8) is 0 Å². The first-order chi connectivity index (χ1) is 15.1. The second-order valence-electron chi connectivity index (χ2n) is 7.23. The van der Waals surface area contributed by atoms with Crippen LogP contribution in [-0.2, 0) is 14.8 Å². The summed E-state index contributed by atoms with van der Waals surface area (Å²) in [6.07, 6.45) is 0. The first-order valence-corrected chi connectivity index (χ1v) is 12.3. The van der Waals surface area contributed by atoms with Gasteiger partial charge in [0.2, 0.25) is 10.0 Å². The number of morpholine rings is 1. The molecule has 0 bridgehead atoms. The number of nitrogens with zero attached hydrogens (tertiary/aromatic N) is 2. The molecule has 0 amide bonds. The van der Waals surface area contributed by atoms with Crippen molar-refractivity contribution < 1.29 is 13.2 Å². The van der Waals surface area contributed by atoms with Gasteiger partial charge in [0.1, 0.15) is 0 Å². The second kappa shape index (κ2) is 9.68. The molecule has 1 aromatic heterocycles. The zero-order valence-electron chi connectivity index (χ0n) is 17.1. The number of fused-ring (bicyclic) bond motifs is 1. The van der Waals surface area contributed by atoms with Gasteiger partial charge in [0.05, 0.1) is 23.8 Å². The predicted molar refractivity (Wildman–Crippen MR) is 135 cm³/mol. The number of aromatic nitrogens is 1. The Morgan fingerprint density at radius 1 is 0.938 bits per heavy atom. The Hall–Kier alpha value is -2.30. The predicted octanol–water partition coefficient (Wildman–Crippen LogP) is 5.31. The fourth-order valence-corrected chi connectivity index (χ4v) is 5.79. The van der Waals surface area contributed by atoms with Gasteiger partial charge in [-0.3, -0.25) is 0 Å². The Kier molecular flexibility index (Phi) is 6.92. The molecule has 1 fully saturated rings. The van der Waals surface area contributed by atoms with Crippen LogP contribution in [0.25, 0.3) is 22.0 Å². The molecular formula is C23H22BrN3O3S2. The van der Waals surface area contributed by atoms with E-state index in [-0.39, 0.29) is 17.0 Å². The molecule has 0 atom stereocenters. The van der Waals surface area contributed by atoms with Crippen molar-refractivity contribution in [2.75, 3.05) is 31.6 Å². The number of hydrogen-bond acceptors (Lipinski definition) is 6. The minimum absolute atomic E-state index is 0. The van der Waals surface area contributed by atoms with Crippen molar-refractivity contribution >= 4 is 59.9 Å². The van der Waals surface area contributed by atoms with Crippen LogP contribution in [0.3, 0.4) is 0 Å². The minimum Gasteiger partial charge on any atom is -0.379 e. The van der Waals surface area contributed by atoms with Gasteiger partial charge in [0.25, 0.3) is 0 Å². The zero-order valence-corrected chi connectivity index (χ0v) is 20.4. The van der Waals surface area contributed by atoms with Crippen molar-refractivity contribution in [3.05, 3.63) is 72.1 Å². The number of sulfonamides is 1. The normalized spacial score (nSPS) is 14.8. The van der Waals surface area contributed by atoms with Gasteiger partial charge in [-0.15, -0.1) is 28.3 Å². The molecule has 32 heavy (non-hydrogen) atoms. The van der Waals surface area contributed by atoms with E-state index in [1.807, 2.05) is 41.8 Å². The molecule has 0 radical (unpaired) electrons. The van der Waals surface area contributed by atoms with Crippen molar-refractivity contribution in [3.8, 4) is 11.3 Å². The van der Waals surface area contributed by atoms with E-state index in [9.17, 15) is 8.42 Å². The molecule has 0 spiro atoms. The molecule has 1 saturated heterocycles. The van der Waals surface area contributed by atoms with Crippen LogP contribution in [0, 0.1) is 0 Å². The fraction of sp³-hybridized carbons (Fsp3) is 0.174. The molecule has 1 aliphatic heterocycles. The third-order valence-electron chi connectivity index (χ3n) is 5.29. The maximum atomic E-state index is 12.8. The summed E-state index contributed by atoms with van der Waals surface area (Å²) in [5.41, 5.74) is 2.69. The van der Waals surface area contributed by atoms with Gasteiger partial charge in [0, 0.05) is 35.1 Å². The summed E-state index contributed by atoms with van der Waals surface area (Å²) in [6.45, 7) is 1.64.